The van der Waals surface area contributed by atoms with Gasteiger partial charge < -0.3 is 14.6 Å². The second-order valence-electron chi connectivity index (χ2n) is 8.26. The van der Waals surface area contributed by atoms with E-state index in [0.29, 0.717) is 18.6 Å². The molecule has 0 aliphatic rings. The average Bonchev–Trinajstić information content (AvgIpc) is 2.79. The normalized spacial score (nSPS) is 12.3. The highest BCUT2D eigenvalue weighted by Crippen LogP contribution is 2.41. The molecule has 0 amide bonds. The maximum absolute atomic E-state index is 11.5. The van der Waals surface area contributed by atoms with Crippen molar-refractivity contribution in [1.82, 2.24) is 0 Å². The maximum Gasteiger partial charge on any atom is 0.305 e. The Hall–Kier alpha value is -2.73. The molecule has 2 aromatic rings. The van der Waals surface area contributed by atoms with Gasteiger partial charge in [0.05, 0.1) is 7.11 Å². The largest absolute Gasteiger partial charge is 0.491 e. The van der Waals surface area contributed by atoms with Crippen molar-refractivity contribution in [2.45, 2.75) is 64.9 Å². The van der Waals surface area contributed by atoms with Crippen molar-refractivity contribution in [1.29, 1.82) is 0 Å². The summed E-state index contributed by atoms with van der Waals surface area (Å²) in [6, 6.07) is 12.7. The molecule has 2 aromatic carbocycles. The van der Waals surface area contributed by atoms with Gasteiger partial charge in [-0.25, -0.2) is 0 Å². The summed E-state index contributed by atoms with van der Waals surface area (Å²) in [4.78, 5) is 21.8. The lowest BCUT2D eigenvalue weighted by Crippen LogP contribution is -2.26. The van der Waals surface area contributed by atoms with E-state index in [2.05, 4.69) is 56.3 Å². The van der Waals surface area contributed by atoms with Crippen LogP contribution in [0.5, 0.6) is 5.75 Å². The first-order valence-electron chi connectivity index (χ1n) is 11.2. The number of benzene rings is 2. The molecule has 1 atom stereocenters. The van der Waals surface area contributed by atoms with Crippen LogP contribution in [0, 0.1) is 18.8 Å². The van der Waals surface area contributed by atoms with Crippen molar-refractivity contribution in [3.05, 3.63) is 69.1 Å². The molecular weight excluding hydrogens is 406 g/mol. The van der Waals surface area contributed by atoms with E-state index in [1.807, 2.05) is 13.0 Å². The molecule has 0 aliphatic heterocycles. The number of ether oxygens (including phenoxy) is 2. The molecule has 6 heteroatoms. The smallest absolute Gasteiger partial charge is 0.305 e. The Labute approximate surface area is 190 Å². The highest BCUT2D eigenvalue weighted by atomic mass is 16.5. The predicted molar refractivity (Wildman–Crippen MR) is 126 cm³/mol. The van der Waals surface area contributed by atoms with Gasteiger partial charge in [-0.2, -0.15) is 4.91 Å². The monoisotopic (exact) mass is 441 g/mol. The molecule has 0 saturated heterocycles. The lowest BCUT2D eigenvalue weighted by atomic mass is 9.69. The van der Waals surface area contributed by atoms with Crippen LogP contribution in [-0.4, -0.2) is 37.4 Å². The SMILES string of the molecule is CCC(CC)(c1ccc(CCC(=O)OC)c(C)c1)c1ccc(OCC(O)CN=O)c(C)c1. The Morgan fingerprint density at radius 3 is 2.22 bits per heavy atom. The van der Waals surface area contributed by atoms with Gasteiger partial charge in [0.1, 0.15) is 25.0 Å². The second kappa shape index (κ2) is 11.8. The highest BCUT2D eigenvalue weighted by molar-refractivity contribution is 5.69. The summed E-state index contributed by atoms with van der Waals surface area (Å²) in [5.74, 6) is 0.492. The van der Waals surface area contributed by atoms with Crippen molar-refractivity contribution in [3.63, 3.8) is 0 Å². The summed E-state index contributed by atoms with van der Waals surface area (Å²) in [6.07, 6.45) is 2.02. The summed E-state index contributed by atoms with van der Waals surface area (Å²) >= 11 is 0. The molecule has 32 heavy (non-hydrogen) atoms. The zero-order valence-corrected chi connectivity index (χ0v) is 19.8. The number of esters is 1. The molecule has 0 fully saturated rings. The zero-order chi connectivity index (χ0) is 23.7. The van der Waals surface area contributed by atoms with E-state index < -0.39 is 6.10 Å². The van der Waals surface area contributed by atoms with Gasteiger partial charge >= 0.3 is 5.97 Å². The Bertz CT molecular complexity index is 920. The molecule has 0 heterocycles. The van der Waals surface area contributed by atoms with Crippen molar-refractivity contribution in [2.75, 3.05) is 20.3 Å². The maximum atomic E-state index is 11.5. The Morgan fingerprint density at radius 2 is 1.69 bits per heavy atom. The number of aryl methyl sites for hydroxylation is 3. The first kappa shape index (κ1) is 25.5. The van der Waals surface area contributed by atoms with Crippen LogP contribution in [-0.2, 0) is 21.4 Å². The number of rotatable bonds is 12. The molecule has 1 unspecified atom stereocenters. The topological polar surface area (TPSA) is 85.2 Å². The van der Waals surface area contributed by atoms with Crippen LogP contribution in [0.2, 0.25) is 0 Å². The minimum Gasteiger partial charge on any atom is -0.491 e. The van der Waals surface area contributed by atoms with Crippen molar-refractivity contribution < 1.29 is 19.4 Å². The van der Waals surface area contributed by atoms with Gasteiger partial charge in [-0.1, -0.05) is 49.4 Å². The molecular formula is C26H35NO5. The minimum absolute atomic E-state index is 0.0326. The molecule has 0 bridgehead atoms. The summed E-state index contributed by atoms with van der Waals surface area (Å²) in [7, 11) is 1.41. The van der Waals surface area contributed by atoms with Gasteiger partial charge in [-0.3, -0.25) is 4.79 Å². The first-order chi connectivity index (χ1) is 15.3. The van der Waals surface area contributed by atoms with E-state index >= 15 is 0 Å². The molecule has 1 N–H and O–H groups in total. The Morgan fingerprint density at radius 1 is 1.06 bits per heavy atom. The van der Waals surface area contributed by atoms with Crippen molar-refractivity contribution in [2.24, 2.45) is 5.18 Å². The molecule has 0 radical (unpaired) electrons. The van der Waals surface area contributed by atoms with Crippen molar-refractivity contribution in [3.8, 4) is 5.75 Å². The quantitative estimate of drug-likeness (QED) is 0.369. The van der Waals surface area contributed by atoms with Gasteiger partial charge in [0.15, 0.2) is 0 Å². The summed E-state index contributed by atoms with van der Waals surface area (Å²) in [5, 5.41) is 12.4. The lowest BCUT2D eigenvalue weighted by Gasteiger charge is -2.34. The lowest BCUT2D eigenvalue weighted by molar-refractivity contribution is -0.140. The predicted octanol–water partition coefficient (Wildman–Crippen LogP) is 5.02. The molecule has 0 saturated carbocycles. The molecule has 0 spiro atoms. The summed E-state index contributed by atoms with van der Waals surface area (Å²) in [5.41, 5.74) is 5.63. The fourth-order valence-corrected chi connectivity index (χ4v) is 4.28. The Kier molecular flexibility index (Phi) is 9.39. The third kappa shape index (κ3) is 5.94. The number of nitroso groups, excluding NO2 is 1. The van der Waals surface area contributed by atoms with Gasteiger partial charge in [0, 0.05) is 11.8 Å². The standard InChI is InChI=1S/C26H35NO5/c1-6-26(7-2,21-10-8-20(18(3)14-21)9-13-25(29)31-5)22-11-12-24(19(4)15-22)32-17-23(28)16-27-30/h8,10-12,14-15,23,28H,6-7,9,13,16-17H2,1-5H3. The van der Waals surface area contributed by atoms with Crippen LogP contribution in [0.25, 0.3) is 0 Å². The number of aliphatic hydroxyl groups excluding tert-OH is 1. The number of aliphatic hydroxyl groups is 1. The van der Waals surface area contributed by atoms with E-state index in [1.54, 1.807) is 0 Å². The third-order valence-corrected chi connectivity index (χ3v) is 6.37. The number of hydrogen-bond acceptors (Lipinski definition) is 6. The van der Waals surface area contributed by atoms with Crippen LogP contribution < -0.4 is 4.74 Å². The van der Waals surface area contributed by atoms with Crippen LogP contribution >= 0.6 is 0 Å². The molecule has 0 aliphatic carbocycles. The molecule has 0 aromatic heterocycles. The van der Waals surface area contributed by atoms with Gasteiger partial charge in [0.2, 0.25) is 0 Å². The fourth-order valence-electron chi connectivity index (χ4n) is 4.28. The number of methoxy groups -OCH3 is 1. The van der Waals surface area contributed by atoms with Crippen molar-refractivity contribution >= 4 is 5.97 Å². The van der Waals surface area contributed by atoms with E-state index in [1.165, 1.54) is 23.8 Å². The van der Waals surface area contributed by atoms with Crippen LogP contribution in [0.15, 0.2) is 41.6 Å². The van der Waals surface area contributed by atoms with E-state index in [4.69, 9.17) is 9.47 Å². The van der Waals surface area contributed by atoms with Gasteiger partial charge in [-0.05, 0) is 67.0 Å². The number of carbonyl (C=O) groups excluding carboxylic acids is 1. The minimum atomic E-state index is -0.905. The zero-order valence-electron chi connectivity index (χ0n) is 19.8. The van der Waals surface area contributed by atoms with Crippen LogP contribution in [0.1, 0.15) is 60.9 Å². The van der Waals surface area contributed by atoms with Crippen LogP contribution in [0.3, 0.4) is 0 Å². The number of nitrogens with zero attached hydrogens (tertiary/aromatic N) is 1. The molecule has 6 nitrogen and oxygen atoms in total. The van der Waals surface area contributed by atoms with Crippen LogP contribution in [0.4, 0.5) is 0 Å². The van der Waals surface area contributed by atoms with E-state index in [0.717, 1.165) is 24.0 Å². The summed E-state index contributed by atoms with van der Waals surface area (Å²) in [6.45, 7) is 8.33. The van der Waals surface area contributed by atoms with E-state index in [9.17, 15) is 14.8 Å². The summed E-state index contributed by atoms with van der Waals surface area (Å²) < 4.78 is 10.5. The average molecular weight is 442 g/mol. The first-order valence-corrected chi connectivity index (χ1v) is 11.2. The highest BCUT2D eigenvalue weighted by Gasteiger charge is 2.31. The molecule has 2 rings (SSSR count). The number of hydrogen-bond donors (Lipinski definition) is 1. The fraction of sp³-hybridized carbons (Fsp3) is 0.500. The second-order valence-corrected chi connectivity index (χ2v) is 8.26. The van der Waals surface area contributed by atoms with Gasteiger partial charge in [-0.15, -0.1) is 0 Å². The van der Waals surface area contributed by atoms with Gasteiger partial charge in [0.25, 0.3) is 0 Å². The molecule has 174 valence electrons. The Balaban J connectivity index is 2.31. The number of carbonyl (C=O) groups is 1. The third-order valence-electron chi connectivity index (χ3n) is 6.37. The van der Waals surface area contributed by atoms with E-state index in [-0.39, 0.29) is 24.5 Å².